The quantitative estimate of drug-likeness (QED) is 0.930. The van der Waals surface area contributed by atoms with Crippen molar-refractivity contribution in [2.75, 3.05) is 18.4 Å². The van der Waals surface area contributed by atoms with Gasteiger partial charge in [0.1, 0.15) is 0 Å². The number of rotatable bonds is 3. The molecule has 0 bridgehead atoms. The summed E-state index contributed by atoms with van der Waals surface area (Å²) in [5, 5.41) is 3.35. The summed E-state index contributed by atoms with van der Waals surface area (Å²) in [5.41, 5.74) is 1.33. The fourth-order valence-corrected chi connectivity index (χ4v) is 2.89. The van der Waals surface area contributed by atoms with Gasteiger partial charge in [-0.05, 0) is 46.8 Å². The Balaban J connectivity index is 2.23. The Morgan fingerprint density at radius 2 is 2.05 bits per heavy atom. The number of amides is 1. The predicted octanol–water partition coefficient (Wildman–Crippen LogP) is 3.15. The van der Waals surface area contributed by atoms with Crippen molar-refractivity contribution in [2.45, 2.75) is 52.4 Å². The number of carbonyl (C=O) groups is 1. The number of hydrogen-bond acceptors (Lipinski definition) is 3. The van der Waals surface area contributed by atoms with Gasteiger partial charge in [0.05, 0.1) is 17.3 Å². The van der Waals surface area contributed by atoms with E-state index in [4.69, 9.17) is 4.74 Å². The van der Waals surface area contributed by atoms with Crippen LogP contribution in [0.4, 0.5) is 5.69 Å². The molecule has 1 aromatic carbocycles. The summed E-state index contributed by atoms with van der Waals surface area (Å²) in [6.07, 6.45) is 0.0583. The molecule has 1 aliphatic rings. The number of nitrogens with one attached hydrogen (secondary N) is 1. The van der Waals surface area contributed by atoms with Crippen LogP contribution in [-0.4, -0.2) is 41.6 Å². The maximum atomic E-state index is 12.9. The average molecular weight is 290 g/mol. The zero-order valence-electron chi connectivity index (χ0n) is 13.6. The fourth-order valence-electron chi connectivity index (χ4n) is 2.89. The Kier molecular flexibility index (Phi) is 4.57. The van der Waals surface area contributed by atoms with Crippen molar-refractivity contribution in [3.05, 3.63) is 29.8 Å². The Bertz CT molecular complexity index is 511. The van der Waals surface area contributed by atoms with Gasteiger partial charge in [0.2, 0.25) is 0 Å². The van der Waals surface area contributed by atoms with Crippen molar-refractivity contribution >= 4 is 11.6 Å². The molecule has 2 rings (SSSR count). The number of ether oxygens (including phenoxy) is 1. The van der Waals surface area contributed by atoms with Crippen LogP contribution in [0.5, 0.6) is 0 Å². The van der Waals surface area contributed by atoms with Crippen LogP contribution >= 0.6 is 0 Å². The van der Waals surface area contributed by atoms with Gasteiger partial charge in [-0.2, -0.15) is 0 Å². The highest BCUT2D eigenvalue weighted by Crippen LogP contribution is 2.25. The number of anilines is 1. The topological polar surface area (TPSA) is 41.6 Å². The molecule has 21 heavy (non-hydrogen) atoms. The third-order valence-electron chi connectivity index (χ3n) is 3.46. The van der Waals surface area contributed by atoms with Crippen molar-refractivity contribution in [1.82, 2.24) is 4.90 Å². The van der Waals surface area contributed by atoms with Crippen LogP contribution in [0, 0.1) is 0 Å². The SMILES string of the molecule is CC(C)Nc1ccccc1C(=O)N1CC(C)OC(C)(C)C1. The van der Waals surface area contributed by atoms with E-state index in [0.29, 0.717) is 19.1 Å². The van der Waals surface area contributed by atoms with E-state index in [1.165, 1.54) is 0 Å². The molecule has 1 unspecified atom stereocenters. The van der Waals surface area contributed by atoms with Gasteiger partial charge in [0.15, 0.2) is 0 Å². The minimum absolute atomic E-state index is 0.0583. The number of carbonyl (C=O) groups excluding carboxylic acids is 1. The Morgan fingerprint density at radius 3 is 2.67 bits per heavy atom. The summed E-state index contributed by atoms with van der Waals surface area (Å²) < 4.78 is 5.88. The van der Waals surface area contributed by atoms with Crippen LogP contribution in [0.25, 0.3) is 0 Å². The molecule has 0 radical (unpaired) electrons. The van der Waals surface area contributed by atoms with Crippen LogP contribution < -0.4 is 5.32 Å². The summed E-state index contributed by atoms with van der Waals surface area (Å²) in [7, 11) is 0. The van der Waals surface area contributed by atoms with E-state index in [-0.39, 0.29) is 17.6 Å². The molecule has 1 heterocycles. The van der Waals surface area contributed by atoms with E-state index in [1.807, 2.05) is 49.9 Å². The molecule has 4 nitrogen and oxygen atoms in total. The first kappa shape index (κ1) is 15.8. The van der Waals surface area contributed by atoms with Crippen LogP contribution in [0.3, 0.4) is 0 Å². The maximum Gasteiger partial charge on any atom is 0.256 e. The largest absolute Gasteiger partial charge is 0.382 e. The molecule has 1 aliphatic heterocycles. The molecular weight excluding hydrogens is 264 g/mol. The minimum atomic E-state index is -0.298. The maximum absolute atomic E-state index is 12.9. The van der Waals surface area contributed by atoms with Gasteiger partial charge in [0, 0.05) is 24.8 Å². The molecule has 116 valence electrons. The van der Waals surface area contributed by atoms with Gasteiger partial charge in [-0.1, -0.05) is 12.1 Å². The summed E-state index contributed by atoms with van der Waals surface area (Å²) in [6.45, 7) is 11.5. The number of nitrogens with zero attached hydrogens (tertiary/aromatic N) is 1. The molecule has 0 saturated carbocycles. The van der Waals surface area contributed by atoms with Gasteiger partial charge in [-0.25, -0.2) is 0 Å². The first-order valence-corrected chi connectivity index (χ1v) is 7.61. The second kappa shape index (κ2) is 6.06. The molecule has 0 aliphatic carbocycles. The Morgan fingerprint density at radius 1 is 1.38 bits per heavy atom. The normalized spacial score (nSPS) is 21.4. The van der Waals surface area contributed by atoms with Crippen molar-refractivity contribution in [1.29, 1.82) is 0 Å². The molecule has 0 spiro atoms. The van der Waals surface area contributed by atoms with Crippen molar-refractivity contribution in [3.8, 4) is 0 Å². The van der Waals surface area contributed by atoms with Gasteiger partial charge in [-0.3, -0.25) is 4.79 Å². The number of para-hydroxylation sites is 1. The lowest BCUT2D eigenvalue weighted by Gasteiger charge is -2.42. The van der Waals surface area contributed by atoms with Gasteiger partial charge >= 0.3 is 0 Å². The van der Waals surface area contributed by atoms with Gasteiger partial charge < -0.3 is 15.0 Å². The average Bonchev–Trinajstić information content (AvgIpc) is 2.35. The molecule has 1 N–H and O–H groups in total. The van der Waals surface area contributed by atoms with Crippen LogP contribution in [-0.2, 0) is 4.74 Å². The van der Waals surface area contributed by atoms with E-state index in [2.05, 4.69) is 19.2 Å². The lowest BCUT2D eigenvalue weighted by atomic mass is 10.0. The van der Waals surface area contributed by atoms with Crippen molar-refractivity contribution in [2.24, 2.45) is 0 Å². The second-order valence-corrected chi connectivity index (χ2v) is 6.72. The third-order valence-corrected chi connectivity index (χ3v) is 3.46. The van der Waals surface area contributed by atoms with E-state index in [0.717, 1.165) is 11.3 Å². The van der Waals surface area contributed by atoms with E-state index in [9.17, 15) is 4.79 Å². The molecule has 1 amide bonds. The minimum Gasteiger partial charge on any atom is -0.382 e. The third kappa shape index (κ3) is 3.97. The lowest BCUT2D eigenvalue weighted by molar-refractivity contribution is -0.118. The smallest absolute Gasteiger partial charge is 0.256 e. The first-order valence-electron chi connectivity index (χ1n) is 7.61. The first-order chi connectivity index (χ1) is 9.78. The predicted molar refractivity (Wildman–Crippen MR) is 85.7 cm³/mol. The Labute approximate surface area is 127 Å². The summed E-state index contributed by atoms with van der Waals surface area (Å²) in [5.74, 6) is 0.0713. The molecule has 1 aromatic rings. The highest BCUT2D eigenvalue weighted by atomic mass is 16.5. The summed E-state index contributed by atoms with van der Waals surface area (Å²) >= 11 is 0. The monoisotopic (exact) mass is 290 g/mol. The zero-order chi connectivity index (χ0) is 15.6. The molecule has 1 saturated heterocycles. The molecule has 0 aromatic heterocycles. The van der Waals surface area contributed by atoms with Gasteiger partial charge in [-0.15, -0.1) is 0 Å². The van der Waals surface area contributed by atoms with Crippen molar-refractivity contribution < 1.29 is 9.53 Å². The highest BCUT2D eigenvalue weighted by Gasteiger charge is 2.34. The summed E-state index contributed by atoms with van der Waals surface area (Å²) in [6, 6.07) is 8.00. The number of benzene rings is 1. The molecule has 1 atom stereocenters. The van der Waals surface area contributed by atoms with Crippen LogP contribution in [0.1, 0.15) is 45.0 Å². The zero-order valence-corrected chi connectivity index (χ0v) is 13.6. The van der Waals surface area contributed by atoms with E-state index >= 15 is 0 Å². The van der Waals surface area contributed by atoms with Crippen molar-refractivity contribution in [3.63, 3.8) is 0 Å². The highest BCUT2D eigenvalue weighted by molar-refractivity contribution is 5.99. The molecule has 1 fully saturated rings. The summed E-state index contributed by atoms with van der Waals surface area (Å²) in [4.78, 5) is 14.8. The lowest BCUT2D eigenvalue weighted by Crippen LogP contribution is -2.53. The molecular formula is C17H26N2O2. The van der Waals surface area contributed by atoms with E-state index in [1.54, 1.807) is 0 Å². The molecule has 4 heteroatoms. The number of hydrogen-bond donors (Lipinski definition) is 1. The van der Waals surface area contributed by atoms with Gasteiger partial charge in [0.25, 0.3) is 5.91 Å². The standard InChI is InChI=1S/C17H26N2O2/c1-12(2)18-15-9-7-6-8-14(15)16(20)19-10-13(3)21-17(4,5)11-19/h6-9,12-13,18H,10-11H2,1-5H3. The van der Waals surface area contributed by atoms with Crippen LogP contribution in [0.2, 0.25) is 0 Å². The van der Waals surface area contributed by atoms with E-state index < -0.39 is 0 Å². The fraction of sp³-hybridized carbons (Fsp3) is 0.588. The second-order valence-electron chi connectivity index (χ2n) is 6.72. The number of morpholine rings is 1. The Hall–Kier alpha value is -1.55. The van der Waals surface area contributed by atoms with Crippen LogP contribution in [0.15, 0.2) is 24.3 Å².